The molecule has 1 aliphatic heterocycles. The van der Waals surface area contributed by atoms with Crippen LogP contribution in [0.1, 0.15) is 41.5 Å². The van der Waals surface area contributed by atoms with Crippen LogP contribution in [0, 0.1) is 0 Å². The average Bonchev–Trinajstić information content (AvgIpc) is 2.62. The lowest BCUT2D eigenvalue weighted by Crippen LogP contribution is -2.40. The van der Waals surface area contributed by atoms with Gasteiger partial charge in [-0.25, -0.2) is 0 Å². The third-order valence-corrected chi connectivity index (χ3v) is 8.33. The van der Waals surface area contributed by atoms with E-state index in [-0.39, 0.29) is 11.1 Å². The average molecular weight is 298 g/mol. The zero-order valence-corrected chi connectivity index (χ0v) is 15.2. The zero-order valence-electron chi connectivity index (χ0n) is 14.2. The van der Waals surface area contributed by atoms with Gasteiger partial charge in [0.15, 0.2) is 5.79 Å². The maximum Gasteiger partial charge on any atom is 0.250 e. The van der Waals surface area contributed by atoms with Crippen LogP contribution in [0.5, 0.6) is 0 Å². The first-order chi connectivity index (χ1) is 8.97. The van der Waals surface area contributed by atoms with Crippen molar-refractivity contribution in [2.45, 2.75) is 71.6 Å². The van der Waals surface area contributed by atoms with Crippen LogP contribution in [0.4, 0.5) is 0 Å². The molecule has 0 aromatic heterocycles. The second-order valence-electron chi connectivity index (χ2n) is 7.28. The molecule has 1 atom stereocenters. The quantitative estimate of drug-likeness (QED) is 0.430. The fourth-order valence-electron chi connectivity index (χ4n) is 1.65. The monoisotopic (exact) mass is 298 g/mol. The van der Waals surface area contributed by atoms with Crippen molar-refractivity contribution in [3.8, 4) is 0 Å². The summed E-state index contributed by atoms with van der Waals surface area (Å²) >= 11 is 0. The van der Waals surface area contributed by atoms with Crippen LogP contribution in [0.15, 0.2) is 24.0 Å². The molecule has 0 unspecified atom stereocenters. The minimum atomic E-state index is -1.79. The molecule has 0 N–H and O–H groups in total. The fraction of sp³-hybridized carbons (Fsp3) is 0.750. The lowest BCUT2D eigenvalue weighted by Gasteiger charge is -2.36. The zero-order chi connectivity index (χ0) is 15.6. The van der Waals surface area contributed by atoms with Crippen LogP contribution in [0.3, 0.4) is 0 Å². The third-order valence-electron chi connectivity index (χ3n) is 3.97. The molecule has 0 aromatic carbocycles. The standard InChI is InChI=1S/C16H30O3Si/c1-9-13(19-20(7,8)15(2,3)4)10-11-14-12-17-16(5,6)18-14/h9-11,14H,12H2,1-8H3/b11-10+,13-9-/t14-/m0/s1. The van der Waals surface area contributed by atoms with E-state index >= 15 is 0 Å². The highest BCUT2D eigenvalue weighted by atomic mass is 28.4. The second-order valence-corrected chi connectivity index (χ2v) is 12.0. The molecule has 0 bridgehead atoms. The van der Waals surface area contributed by atoms with Crippen molar-refractivity contribution >= 4 is 8.32 Å². The van der Waals surface area contributed by atoms with Gasteiger partial charge in [-0.05, 0) is 57.1 Å². The van der Waals surface area contributed by atoms with Crippen molar-refractivity contribution in [3.63, 3.8) is 0 Å². The summed E-state index contributed by atoms with van der Waals surface area (Å²) in [5.74, 6) is 0.440. The summed E-state index contributed by atoms with van der Waals surface area (Å²) in [6.45, 7) is 17.7. The molecule has 3 nitrogen and oxygen atoms in total. The number of rotatable bonds is 4. The van der Waals surface area contributed by atoms with E-state index in [0.29, 0.717) is 6.61 Å². The molecule has 0 spiro atoms. The molecule has 4 heteroatoms. The van der Waals surface area contributed by atoms with Gasteiger partial charge in [0.2, 0.25) is 8.32 Å². The van der Waals surface area contributed by atoms with Gasteiger partial charge in [0.05, 0.1) is 12.4 Å². The Labute approximate surface area is 125 Å². The Morgan fingerprint density at radius 1 is 1.30 bits per heavy atom. The molecule has 1 saturated heterocycles. The van der Waals surface area contributed by atoms with Crippen LogP contribution in [-0.2, 0) is 13.9 Å². The van der Waals surface area contributed by atoms with Crippen LogP contribution < -0.4 is 0 Å². The topological polar surface area (TPSA) is 27.7 Å². The summed E-state index contributed by atoms with van der Waals surface area (Å²) in [5.41, 5.74) is 0. The molecule has 20 heavy (non-hydrogen) atoms. The van der Waals surface area contributed by atoms with Crippen molar-refractivity contribution in [1.29, 1.82) is 0 Å². The third kappa shape index (κ3) is 4.76. The van der Waals surface area contributed by atoms with E-state index < -0.39 is 14.1 Å². The van der Waals surface area contributed by atoms with Gasteiger partial charge in [0.1, 0.15) is 6.10 Å². The van der Waals surface area contributed by atoms with Gasteiger partial charge in [-0.15, -0.1) is 0 Å². The summed E-state index contributed by atoms with van der Waals surface area (Å²) < 4.78 is 17.6. The molecule has 0 radical (unpaired) electrons. The molecule has 116 valence electrons. The highest BCUT2D eigenvalue weighted by molar-refractivity contribution is 6.74. The first-order valence-electron chi connectivity index (χ1n) is 7.32. The van der Waals surface area contributed by atoms with Gasteiger partial charge in [-0.2, -0.15) is 0 Å². The van der Waals surface area contributed by atoms with Crippen LogP contribution >= 0.6 is 0 Å². The first-order valence-corrected chi connectivity index (χ1v) is 10.2. The summed E-state index contributed by atoms with van der Waals surface area (Å²) in [6.07, 6.45) is 6.05. The normalized spacial score (nSPS) is 24.4. The van der Waals surface area contributed by atoms with Gasteiger partial charge in [0.25, 0.3) is 0 Å². The second kappa shape index (κ2) is 6.04. The van der Waals surface area contributed by atoms with Crippen molar-refractivity contribution in [1.82, 2.24) is 0 Å². The SMILES string of the molecule is C/C=C(/C=C/[C@H]1COC(C)(C)O1)O[Si](C)(C)C(C)(C)C. The Kier molecular flexibility index (Phi) is 5.27. The molecule has 0 saturated carbocycles. The summed E-state index contributed by atoms with van der Waals surface area (Å²) in [4.78, 5) is 0. The van der Waals surface area contributed by atoms with Crippen molar-refractivity contribution in [3.05, 3.63) is 24.0 Å². The lowest BCUT2D eigenvalue weighted by atomic mass is 10.2. The van der Waals surface area contributed by atoms with E-state index in [0.717, 1.165) is 5.76 Å². The maximum absolute atomic E-state index is 6.28. The van der Waals surface area contributed by atoms with Crippen LogP contribution in [0.25, 0.3) is 0 Å². The van der Waals surface area contributed by atoms with Gasteiger partial charge >= 0.3 is 0 Å². The summed E-state index contributed by atoms with van der Waals surface area (Å²) in [5, 5.41) is 0.198. The molecule has 0 aliphatic carbocycles. The largest absolute Gasteiger partial charge is 0.544 e. The Hall–Kier alpha value is -0.583. The van der Waals surface area contributed by atoms with Gasteiger partial charge < -0.3 is 13.9 Å². The minimum absolute atomic E-state index is 0.00275. The van der Waals surface area contributed by atoms with Crippen LogP contribution in [-0.4, -0.2) is 26.8 Å². The predicted molar refractivity (Wildman–Crippen MR) is 86.1 cm³/mol. The number of ether oxygens (including phenoxy) is 2. The fourth-order valence-corrected chi connectivity index (χ4v) is 2.73. The van der Waals surface area contributed by atoms with Crippen molar-refractivity contribution < 1.29 is 13.9 Å². The smallest absolute Gasteiger partial charge is 0.250 e. The molecule has 1 aliphatic rings. The van der Waals surface area contributed by atoms with E-state index in [1.54, 1.807) is 0 Å². The molecule has 0 aromatic rings. The van der Waals surface area contributed by atoms with Crippen LogP contribution in [0.2, 0.25) is 18.1 Å². The number of hydrogen-bond acceptors (Lipinski definition) is 3. The summed E-state index contributed by atoms with van der Waals surface area (Å²) in [6, 6.07) is 0. The summed E-state index contributed by atoms with van der Waals surface area (Å²) in [7, 11) is -1.79. The lowest BCUT2D eigenvalue weighted by molar-refractivity contribution is -0.133. The molecular weight excluding hydrogens is 268 g/mol. The van der Waals surface area contributed by atoms with Crippen molar-refractivity contribution in [2.75, 3.05) is 6.61 Å². The highest BCUT2D eigenvalue weighted by Gasteiger charge is 2.39. The Morgan fingerprint density at radius 2 is 1.90 bits per heavy atom. The van der Waals surface area contributed by atoms with E-state index in [1.807, 2.05) is 39.0 Å². The predicted octanol–water partition coefficient (Wildman–Crippen LogP) is 4.62. The minimum Gasteiger partial charge on any atom is -0.544 e. The number of hydrogen-bond donors (Lipinski definition) is 0. The maximum atomic E-state index is 6.28. The molecular formula is C16H30O3Si. The number of allylic oxidation sites excluding steroid dienone is 2. The Bertz CT molecular complexity index is 389. The first kappa shape index (κ1) is 17.5. The molecule has 1 fully saturated rings. The van der Waals surface area contributed by atoms with Gasteiger partial charge in [0, 0.05) is 0 Å². The highest BCUT2D eigenvalue weighted by Crippen LogP contribution is 2.38. The van der Waals surface area contributed by atoms with Gasteiger partial charge in [-0.3, -0.25) is 0 Å². The Balaban J connectivity index is 2.66. The van der Waals surface area contributed by atoms with Gasteiger partial charge in [-0.1, -0.05) is 20.8 Å². The van der Waals surface area contributed by atoms with E-state index in [9.17, 15) is 0 Å². The Morgan fingerprint density at radius 3 is 2.30 bits per heavy atom. The van der Waals surface area contributed by atoms with E-state index in [1.165, 1.54) is 0 Å². The molecule has 1 heterocycles. The van der Waals surface area contributed by atoms with Crippen molar-refractivity contribution in [2.24, 2.45) is 0 Å². The molecule has 1 rings (SSSR count). The van der Waals surface area contributed by atoms with E-state index in [4.69, 9.17) is 13.9 Å². The van der Waals surface area contributed by atoms with E-state index in [2.05, 4.69) is 33.9 Å². The molecule has 0 amide bonds.